The Bertz CT molecular complexity index is 1140. The van der Waals surface area contributed by atoms with Crippen molar-refractivity contribution in [3.05, 3.63) is 77.4 Å². The summed E-state index contributed by atoms with van der Waals surface area (Å²) in [5.41, 5.74) is 4.18. The number of amides is 1. The molecule has 1 amide bonds. The molecule has 4 rings (SSSR count). The molecule has 32 heavy (non-hydrogen) atoms. The molecule has 0 N–H and O–H groups in total. The van der Waals surface area contributed by atoms with Crippen LogP contribution >= 0.6 is 0 Å². The van der Waals surface area contributed by atoms with Crippen LogP contribution in [0, 0.1) is 0 Å². The van der Waals surface area contributed by atoms with Crippen molar-refractivity contribution >= 4 is 23.2 Å². The Hall–Kier alpha value is -3.93. The Morgan fingerprint density at radius 2 is 1.47 bits per heavy atom. The van der Waals surface area contributed by atoms with Gasteiger partial charge in [0.05, 0.1) is 40.7 Å². The Morgan fingerprint density at radius 3 is 2.06 bits per heavy atom. The van der Waals surface area contributed by atoms with Crippen LogP contribution < -0.4 is 23.8 Å². The minimum absolute atomic E-state index is 0.0595. The third kappa shape index (κ3) is 3.87. The number of nitrogens with zero attached hydrogens (tertiary/aromatic N) is 1. The molecule has 0 unspecified atom stereocenters. The summed E-state index contributed by atoms with van der Waals surface area (Å²) in [7, 11) is 6.34. The van der Waals surface area contributed by atoms with E-state index < -0.39 is 0 Å². The number of hydrogen-bond acceptors (Lipinski definition) is 5. The number of rotatable bonds is 7. The number of hydrogen-bond donors (Lipinski definition) is 0. The van der Waals surface area contributed by atoms with Crippen LogP contribution in [0.2, 0.25) is 0 Å². The van der Waals surface area contributed by atoms with E-state index in [0.717, 1.165) is 28.1 Å². The zero-order valence-corrected chi connectivity index (χ0v) is 18.5. The van der Waals surface area contributed by atoms with Crippen LogP contribution in [0.15, 0.2) is 60.7 Å². The second-order valence-corrected chi connectivity index (χ2v) is 7.27. The van der Waals surface area contributed by atoms with Gasteiger partial charge in [0.25, 0.3) is 5.91 Å². The molecule has 0 spiro atoms. The van der Waals surface area contributed by atoms with Gasteiger partial charge in [0.2, 0.25) is 5.75 Å². The Labute approximate surface area is 187 Å². The van der Waals surface area contributed by atoms with Gasteiger partial charge in [0.15, 0.2) is 11.5 Å². The highest BCUT2D eigenvalue weighted by Gasteiger charge is 2.32. The van der Waals surface area contributed by atoms with Gasteiger partial charge in [-0.2, -0.15) is 0 Å². The summed E-state index contributed by atoms with van der Waals surface area (Å²) >= 11 is 0. The van der Waals surface area contributed by atoms with Crippen molar-refractivity contribution < 1.29 is 23.7 Å². The molecule has 1 aliphatic heterocycles. The van der Waals surface area contributed by atoms with E-state index in [1.807, 2.05) is 66.7 Å². The predicted molar refractivity (Wildman–Crippen MR) is 125 cm³/mol. The van der Waals surface area contributed by atoms with Gasteiger partial charge in [0, 0.05) is 11.1 Å². The molecule has 3 aromatic carbocycles. The van der Waals surface area contributed by atoms with Crippen LogP contribution in [-0.2, 0) is 11.3 Å². The maximum atomic E-state index is 13.5. The lowest BCUT2D eigenvalue weighted by Crippen LogP contribution is -2.25. The fraction of sp³-hybridized carbons (Fsp3) is 0.192. The number of anilines is 1. The first-order valence-electron chi connectivity index (χ1n) is 10.2. The number of methoxy groups -OCH3 is 4. The quantitative estimate of drug-likeness (QED) is 0.503. The molecule has 6 heteroatoms. The van der Waals surface area contributed by atoms with E-state index in [4.69, 9.17) is 18.9 Å². The summed E-state index contributed by atoms with van der Waals surface area (Å²) in [5, 5.41) is 0. The van der Waals surface area contributed by atoms with Gasteiger partial charge < -0.3 is 23.8 Å². The average molecular weight is 431 g/mol. The van der Waals surface area contributed by atoms with Crippen molar-refractivity contribution in [2.45, 2.75) is 6.54 Å². The van der Waals surface area contributed by atoms with Crippen LogP contribution in [0.3, 0.4) is 0 Å². The van der Waals surface area contributed by atoms with Crippen LogP contribution in [0.1, 0.15) is 16.7 Å². The van der Waals surface area contributed by atoms with Crippen LogP contribution in [0.5, 0.6) is 23.0 Å². The third-order valence-electron chi connectivity index (χ3n) is 5.46. The predicted octanol–water partition coefficient (Wildman–Crippen LogP) is 4.81. The van der Waals surface area contributed by atoms with Gasteiger partial charge in [-0.1, -0.05) is 30.3 Å². The molecule has 0 aliphatic carbocycles. The standard InChI is InChI=1S/C26H25NO5/c1-29-19-11-9-17(10-12-19)16-27-22-8-6-5-7-20(22)21(26(27)28)13-18-14-23(30-2)25(32-4)24(15-18)31-3/h5-15H,16H2,1-4H3/b21-13-. The third-order valence-corrected chi connectivity index (χ3v) is 5.46. The van der Waals surface area contributed by atoms with Crippen molar-refractivity contribution in [3.8, 4) is 23.0 Å². The van der Waals surface area contributed by atoms with E-state index >= 15 is 0 Å². The van der Waals surface area contributed by atoms with E-state index in [1.54, 1.807) is 33.3 Å². The van der Waals surface area contributed by atoms with Crippen molar-refractivity contribution in [2.75, 3.05) is 33.3 Å². The highest BCUT2D eigenvalue weighted by molar-refractivity contribution is 6.35. The van der Waals surface area contributed by atoms with E-state index in [0.29, 0.717) is 29.4 Å². The van der Waals surface area contributed by atoms with Gasteiger partial charge >= 0.3 is 0 Å². The van der Waals surface area contributed by atoms with Crippen molar-refractivity contribution in [1.82, 2.24) is 0 Å². The van der Waals surface area contributed by atoms with Gasteiger partial charge in [0.1, 0.15) is 5.75 Å². The minimum Gasteiger partial charge on any atom is -0.497 e. The molecule has 0 saturated heterocycles. The largest absolute Gasteiger partial charge is 0.497 e. The molecule has 1 heterocycles. The second-order valence-electron chi connectivity index (χ2n) is 7.27. The zero-order chi connectivity index (χ0) is 22.7. The monoisotopic (exact) mass is 431 g/mol. The Balaban J connectivity index is 1.74. The van der Waals surface area contributed by atoms with Crippen molar-refractivity contribution in [3.63, 3.8) is 0 Å². The molecule has 1 aliphatic rings. The Kier molecular flexibility index (Phi) is 6.03. The summed E-state index contributed by atoms with van der Waals surface area (Å²) in [6.45, 7) is 0.465. The molecule has 0 bridgehead atoms. The highest BCUT2D eigenvalue weighted by Crippen LogP contribution is 2.42. The molecule has 6 nitrogen and oxygen atoms in total. The summed E-state index contributed by atoms with van der Waals surface area (Å²) in [5.74, 6) is 2.30. The zero-order valence-electron chi connectivity index (χ0n) is 18.5. The Morgan fingerprint density at radius 1 is 0.812 bits per heavy atom. The fourth-order valence-electron chi connectivity index (χ4n) is 3.87. The minimum atomic E-state index is -0.0595. The first kappa shape index (κ1) is 21.3. The van der Waals surface area contributed by atoms with E-state index in [2.05, 4.69) is 0 Å². The first-order chi connectivity index (χ1) is 15.6. The second kappa shape index (κ2) is 9.06. The highest BCUT2D eigenvalue weighted by atomic mass is 16.5. The van der Waals surface area contributed by atoms with Crippen molar-refractivity contribution in [2.24, 2.45) is 0 Å². The molecule has 164 valence electrons. The summed E-state index contributed by atoms with van der Waals surface area (Å²) < 4.78 is 21.6. The van der Waals surface area contributed by atoms with Crippen LogP contribution in [0.4, 0.5) is 5.69 Å². The smallest absolute Gasteiger partial charge is 0.259 e. The van der Waals surface area contributed by atoms with Gasteiger partial charge in [-0.25, -0.2) is 0 Å². The average Bonchev–Trinajstić information content (AvgIpc) is 3.09. The lowest BCUT2D eigenvalue weighted by Gasteiger charge is -2.17. The first-order valence-corrected chi connectivity index (χ1v) is 10.2. The molecule has 3 aromatic rings. The fourth-order valence-corrected chi connectivity index (χ4v) is 3.87. The summed E-state index contributed by atoms with van der Waals surface area (Å²) in [6.07, 6.45) is 1.86. The van der Waals surface area contributed by atoms with E-state index in [9.17, 15) is 4.79 Å². The molecule has 0 aromatic heterocycles. The van der Waals surface area contributed by atoms with E-state index in [-0.39, 0.29) is 5.91 Å². The molecule has 0 fully saturated rings. The molecule has 0 atom stereocenters. The van der Waals surface area contributed by atoms with Gasteiger partial charge in [-0.05, 0) is 47.5 Å². The number of para-hydroxylation sites is 1. The summed E-state index contributed by atoms with van der Waals surface area (Å²) in [4.78, 5) is 15.3. The number of fused-ring (bicyclic) bond motifs is 1. The van der Waals surface area contributed by atoms with E-state index in [1.165, 1.54) is 0 Å². The number of benzene rings is 3. The topological polar surface area (TPSA) is 57.2 Å². The maximum absolute atomic E-state index is 13.5. The van der Waals surface area contributed by atoms with Crippen LogP contribution in [0.25, 0.3) is 11.6 Å². The number of carbonyl (C=O) groups is 1. The summed E-state index contributed by atoms with van der Waals surface area (Å²) in [6, 6.07) is 19.2. The number of ether oxygens (including phenoxy) is 4. The lowest BCUT2D eigenvalue weighted by molar-refractivity contribution is -0.113. The SMILES string of the molecule is COc1ccc(CN2C(=O)/C(=C\c3cc(OC)c(OC)c(OC)c3)c3ccccc32)cc1. The van der Waals surface area contributed by atoms with Crippen molar-refractivity contribution in [1.29, 1.82) is 0 Å². The van der Waals surface area contributed by atoms with Crippen LogP contribution in [-0.4, -0.2) is 34.3 Å². The lowest BCUT2D eigenvalue weighted by atomic mass is 10.0. The molecule has 0 saturated carbocycles. The normalized spacial score (nSPS) is 13.8. The number of carbonyl (C=O) groups excluding carboxylic acids is 1. The van der Waals surface area contributed by atoms with Gasteiger partial charge in [-0.3, -0.25) is 4.79 Å². The molecule has 0 radical (unpaired) electrons. The molecular weight excluding hydrogens is 406 g/mol. The molecular formula is C26H25NO5. The van der Waals surface area contributed by atoms with Gasteiger partial charge in [-0.15, -0.1) is 0 Å². The maximum Gasteiger partial charge on any atom is 0.259 e.